The lowest BCUT2D eigenvalue weighted by atomic mass is 9.76. The van der Waals surface area contributed by atoms with Gasteiger partial charge in [0.2, 0.25) is 5.78 Å². The Labute approximate surface area is 122 Å². The summed E-state index contributed by atoms with van der Waals surface area (Å²) in [5, 5.41) is 0. The Kier molecular flexibility index (Phi) is 3.41. The molecule has 5 heteroatoms. The van der Waals surface area contributed by atoms with Crippen molar-refractivity contribution in [1.82, 2.24) is 0 Å². The Morgan fingerprint density at radius 3 is 2.57 bits per heavy atom. The zero-order chi connectivity index (χ0) is 15.4. The molecule has 0 aliphatic heterocycles. The van der Waals surface area contributed by atoms with Crippen LogP contribution in [0.2, 0.25) is 0 Å². The molecule has 0 amide bonds. The standard InChI is InChI=1S/C16H20F3NO/c1-8-2-3-12(20)7-13-9-4-10(14(8)13)6-11(5-9)15(21)16(17,18)19/h2-3,7-11,13-14H,4-6,20H2,1H3. The first-order valence-electron chi connectivity index (χ1n) is 7.54. The Hall–Kier alpha value is -1.26. The quantitative estimate of drug-likeness (QED) is 0.806. The van der Waals surface area contributed by atoms with Gasteiger partial charge in [0.25, 0.3) is 0 Å². The summed E-state index contributed by atoms with van der Waals surface area (Å²) in [5.41, 5.74) is 6.62. The van der Waals surface area contributed by atoms with Gasteiger partial charge in [-0.3, -0.25) is 4.79 Å². The largest absolute Gasteiger partial charge is 0.450 e. The Morgan fingerprint density at radius 2 is 1.90 bits per heavy atom. The van der Waals surface area contributed by atoms with Crippen molar-refractivity contribution in [3.05, 3.63) is 23.9 Å². The van der Waals surface area contributed by atoms with Crippen LogP contribution in [0.5, 0.6) is 0 Å². The SMILES string of the molecule is CC1C=CC(N)=CC2C3CC(C(=O)C(F)(F)F)CC(C3)C12. The van der Waals surface area contributed by atoms with Crippen molar-refractivity contribution in [2.24, 2.45) is 41.2 Å². The minimum Gasteiger partial charge on any atom is -0.399 e. The number of carbonyl (C=O) groups excluding carboxylic acids is 1. The highest BCUT2D eigenvalue weighted by Gasteiger charge is 2.53. The van der Waals surface area contributed by atoms with Gasteiger partial charge in [-0.15, -0.1) is 0 Å². The molecule has 6 atom stereocenters. The van der Waals surface area contributed by atoms with Gasteiger partial charge in [0.1, 0.15) is 0 Å². The van der Waals surface area contributed by atoms with E-state index in [0.29, 0.717) is 30.4 Å². The van der Waals surface area contributed by atoms with Gasteiger partial charge in [-0.05, 0) is 54.9 Å². The van der Waals surface area contributed by atoms with Crippen molar-refractivity contribution in [2.45, 2.75) is 32.4 Å². The molecule has 2 bridgehead atoms. The highest BCUT2D eigenvalue weighted by molar-refractivity contribution is 5.86. The summed E-state index contributed by atoms with van der Waals surface area (Å²) in [4.78, 5) is 11.6. The highest BCUT2D eigenvalue weighted by Crippen LogP contribution is 2.56. The molecule has 0 saturated heterocycles. The third kappa shape index (κ3) is 2.51. The van der Waals surface area contributed by atoms with Gasteiger partial charge in [-0.25, -0.2) is 0 Å². The number of carbonyl (C=O) groups is 1. The number of halogens is 3. The first kappa shape index (κ1) is 14.7. The zero-order valence-electron chi connectivity index (χ0n) is 11.9. The third-order valence-electron chi connectivity index (χ3n) is 5.55. The number of ketones is 1. The summed E-state index contributed by atoms with van der Waals surface area (Å²) >= 11 is 0. The van der Waals surface area contributed by atoms with Crippen molar-refractivity contribution in [3.8, 4) is 0 Å². The van der Waals surface area contributed by atoms with Crippen molar-refractivity contribution in [1.29, 1.82) is 0 Å². The molecule has 3 aliphatic carbocycles. The van der Waals surface area contributed by atoms with Crippen LogP contribution in [0.15, 0.2) is 23.9 Å². The summed E-state index contributed by atoms with van der Waals surface area (Å²) in [5.74, 6) is -1.20. The molecular formula is C16H20F3NO. The zero-order valence-corrected chi connectivity index (χ0v) is 11.9. The van der Waals surface area contributed by atoms with Gasteiger partial charge in [0.05, 0.1) is 0 Å². The average Bonchev–Trinajstić information content (AvgIpc) is 2.55. The first-order chi connectivity index (χ1) is 9.77. The van der Waals surface area contributed by atoms with Crippen LogP contribution in [0.3, 0.4) is 0 Å². The van der Waals surface area contributed by atoms with E-state index in [0.717, 1.165) is 6.42 Å². The molecule has 6 unspecified atom stereocenters. The summed E-state index contributed by atoms with van der Waals surface area (Å²) < 4.78 is 38.1. The van der Waals surface area contributed by atoms with E-state index in [1.807, 2.05) is 12.2 Å². The predicted molar refractivity (Wildman–Crippen MR) is 72.9 cm³/mol. The van der Waals surface area contributed by atoms with Crippen LogP contribution in [0, 0.1) is 35.5 Å². The van der Waals surface area contributed by atoms with Crippen molar-refractivity contribution in [3.63, 3.8) is 0 Å². The molecule has 0 radical (unpaired) electrons. The van der Waals surface area contributed by atoms with E-state index in [1.54, 1.807) is 0 Å². The molecule has 3 aliphatic rings. The monoisotopic (exact) mass is 299 g/mol. The van der Waals surface area contributed by atoms with Crippen LogP contribution in [-0.2, 0) is 4.79 Å². The maximum Gasteiger partial charge on any atom is 0.450 e. The van der Waals surface area contributed by atoms with Gasteiger partial charge < -0.3 is 5.73 Å². The number of nitrogens with two attached hydrogens (primary N) is 1. The Bertz CT molecular complexity index is 508. The fraction of sp³-hybridized carbons (Fsp3) is 0.688. The van der Waals surface area contributed by atoms with Crippen LogP contribution in [0.25, 0.3) is 0 Å². The molecule has 0 heterocycles. The number of Topliss-reactive ketones (excluding diaryl/α,β-unsaturated/α-hetero) is 1. The van der Waals surface area contributed by atoms with Gasteiger partial charge in [0.15, 0.2) is 0 Å². The lowest BCUT2D eigenvalue weighted by Gasteiger charge is -2.29. The molecule has 0 aromatic carbocycles. The van der Waals surface area contributed by atoms with E-state index in [2.05, 4.69) is 13.0 Å². The summed E-state index contributed by atoms with van der Waals surface area (Å²) in [6.45, 7) is 2.10. The van der Waals surface area contributed by atoms with E-state index in [1.165, 1.54) is 0 Å². The number of hydrogen-bond acceptors (Lipinski definition) is 2. The van der Waals surface area contributed by atoms with Gasteiger partial charge in [-0.1, -0.05) is 19.1 Å². The van der Waals surface area contributed by atoms with Crippen LogP contribution in [0.1, 0.15) is 26.2 Å². The van der Waals surface area contributed by atoms with Crippen molar-refractivity contribution >= 4 is 5.78 Å². The lowest BCUT2D eigenvalue weighted by molar-refractivity contribution is -0.177. The smallest absolute Gasteiger partial charge is 0.399 e. The maximum absolute atomic E-state index is 12.7. The molecular weight excluding hydrogens is 279 g/mol. The summed E-state index contributed by atoms with van der Waals surface area (Å²) in [6.07, 6.45) is 2.92. The topological polar surface area (TPSA) is 43.1 Å². The van der Waals surface area contributed by atoms with Crippen molar-refractivity contribution < 1.29 is 18.0 Å². The lowest BCUT2D eigenvalue weighted by Crippen LogP contribution is -2.34. The molecule has 2 saturated carbocycles. The van der Waals surface area contributed by atoms with Gasteiger partial charge in [-0.2, -0.15) is 13.2 Å². The molecule has 0 aromatic rings. The predicted octanol–water partition coefficient (Wildman–Crippen LogP) is 3.44. The molecule has 2 nitrogen and oxygen atoms in total. The number of allylic oxidation sites excluding steroid dienone is 3. The maximum atomic E-state index is 12.7. The van der Waals surface area contributed by atoms with Crippen LogP contribution in [-0.4, -0.2) is 12.0 Å². The fourth-order valence-electron chi connectivity index (χ4n) is 4.81. The molecule has 116 valence electrons. The molecule has 0 spiro atoms. The number of rotatable bonds is 1. The summed E-state index contributed by atoms with van der Waals surface area (Å²) in [7, 11) is 0. The number of fused-ring (bicyclic) bond motifs is 5. The van der Waals surface area contributed by atoms with Gasteiger partial charge >= 0.3 is 6.18 Å². The second-order valence-corrected chi connectivity index (χ2v) is 6.83. The second-order valence-electron chi connectivity index (χ2n) is 6.83. The van der Waals surface area contributed by atoms with E-state index >= 15 is 0 Å². The molecule has 2 fully saturated rings. The van der Waals surface area contributed by atoms with E-state index < -0.39 is 17.9 Å². The number of alkyl halides is 3. The van der Waals surface area contributed by atoms with E-state index in [4.69, 9.17) is 5.73 Å². The second kappa shape index (κ2) is 4.89. The van der Waals surface area contributed by atoms with Gasteiger partial charge in [0, 0.05) is 11.6 Å². The average molecular weight is 299 g/mol. The normalized spacial score (nSPS) is 42.2. The minimum atomic E-state index is -4.70. The minimum absolute atomic E-state index is 0.158. The molecule has 0 aromatic heterocycles. The highest BCUT2D eigenvalue weighted by atomic mass is 19.4. The first-order valence-corrected chi connectivity index (χ1v) is 7.54. The fourth-order valence-corrected chi connectivity index (χ4v) is 4.81. The van der Waals surface area contributed by atoms with Crippen LogP contribution < -0.4 is 5.73 Å². The number of hydrogen-bond donors (Lipinski definition) is 1. The summed E-state index contributed by atoms with van der Waals surface area (Å²) in [6, 6.07) is 0. The van der Waals surface area contributed by atoms with Crippen LogP contribution in [0.4, 0.5) is 13.2 Å². The Morgan fingerprint density at radius 1 is 1.24 bits per heavy atom. The van der Waals surface area contributed by atoms with E-state index in [-0.39, 0.29) is 17.8 Å². The molecule has 2 N–H and O–H groups in total. The third-order valence-corrected chi connectivity index (χ3v) is 5.55. The van der Waals surface area contributed by atoms with Crippen LogP contribution >= 0.6 is 0 Å². The molecule has 3 rings (SSSR count). The van der Waals surface area contributed by atoms with E-state index in [9.17, 15) is 18.0 Å². The van der Waals surface area contributed by atoms with Crippen molar-refractivity contribution in [2.75, 3.05) is 0 Å². The Balaban J connectivity index is 1.86. The molecule has 21 heavy (non-hydrogen) atoms.